The monoisotopic (exact) mass is 363 g/mol. The van der Waals surface area contributed by atoms with Crippen molar-refractivity contribution in [3.8, 4) is 17.0 Å². The number of hydrogen-bond acceptors (Lipinski definition) is 4. The lowest BCUT2D eigenvalue weighted by Crippen LogP contribution is -2.38. The standard InChI is InChI=1S/C22H25N3O2/c1-4-5-14-25(3)22(26)16(2)27-18-12-10-17(11-13-18)21-15-23-19-8-6-7-9-20(19)24-21/h6-13,15-16H,4-5,14H2,1-3H3. The number of likely N-dealkylation sites (N-methyl/N-ethyl adjacent to an activating group) is 1. The zero-order valence-electron chi connectivity index (χ0n) is 16.1. The molecular weight excluding hydrogens is 338 g/mol. The van der Waals surface area contributed by atoms with Gasteiger partial charge in [-0.05, 0) is 49.7 Å². The number of aromatic nitrogens is 2. The van der Waals surface area contributed by atoms with Crippen LogP contribution in [-0.4, -0.2) is 40.5 Å². The highest BCUT2D eigenvalue weighted by molar-refractivity contribution is 5.80. The first kappa shape index (κ1) is 18.8. The van der Waals surface area contributed by atoms with Crippen LogP contribution in [-0.2, 0) is 4.79 Å². The molecule has 3 rings (SSSR count). The predicted molar refractivity (Wildman–Crippen MR) is 108 cm³/mol. The van der Waals surface area contributed by atoms with Crippen LogP contribution in [0.1, 0.15) is 26.7 Å². The highest BCUT2D eigenvalue weighted by Crippen LogP contribution is 2.22. The minimum Gasteiger partial charge on any atom is -0.481 e. The predicted octanol–water partition coefficient (Wildman–Crippen LogP) is 4.32. The number of rotatable bonds is 7. The molecule has 1 unspecified atom stereocenters. The fourth-order valence-electron chi connectivity index (χ4n) is 2.87. The summed E-state index contributed by atoms with van der Waals surface area (Å²) < 4.78 is 5.81. The molecule has 0 spiro atoms. The van der Waals surface area contributed by atoms with E-state index in [1.54, 1.807) is 18.0 Å². The first-order chi connectivity index (χ1) is 13.1. The van der Waals surface area contributed by atoms with E-state index in [1.807, 2.05) is 55.6 Å². The van der Waals surface area contributed by atoms with Gasteiger partial charge in [0.2, 0.25) is 0 Å². The number of carbonyl (C=O) groups is 1. The Kier molecular flexibility index (Phi) is 6.01. The van der Waals surface area contributed by atoms with E-state index in [1.165, 1.54) is 0 Å². The van der Waals surface area contributed by atoms with Gasteiger partial charge >= 0.3 is 0 Å². The van der Waals surface area contributed by atoms with Crippen molar-refractivity contribution in [3.05, 3.63) is 54.7 Å². The largest absolute Gasteiger partial charge is 0.481 e. The third-order valence-electron chi connectivity index (χ3n) is 4.48. The lowest BCUT2D eigenvalue weighted by Gasteiger charge is -2.22. The SMILES string of the molecule is CCCCN(C)C(=O)C(C)Oc1ccc(-c2cnc3ccccc3n2)cc1. The zero-order valence-corrected chi connectivity index (χ0v) is 16.1. The zero-order chi connectivity index (χ0) is 19.2. The Morgan fingerprint density at radius 2 is 1.81 bits per heavy atom. The third-order valence-corrected chi connectivity index (χ3v) is 4.48. The van der Waals surface area contributed by atoms with Crippen molar-refractivity contribution in [2.45, 2.75) is 32.8 Å². The summed E-state index contributed by atoms with van der Waals surface area (Å²) in [6, 6.07) is 15.4. The summed E-state index contributed by atoms with van der Waals surface area (Å²) in [5.74, 6) is 0.658. The highest BCUT2D eigenvalue weighted by atomic mass is 16.5. The molecule has 1 heterocycles. The van der Waals surface area contributed by atoms with Crippen LogP contribution in [0.25, 0.3) is 22.3 Å². The van der Waals surface area contributed by atoms with E-state index >= 15 is 0 Å². The summed E-state index contributed by atoms with van der Waals surface area (Å²) in [6.45, 7) is 4.65. The molecule has 0 aliphatic carbocycles. The maximum absolute atomic E-state index is 12.3. The van der Waals surface area contributed by atoms with Gasteiger partial charge in [-0.2, -0.15) is 0 Å². The van der Waals surface area contributed by atoms with E-state index in [9.17, 15) is 4.79 Å². The van der Waals surface area contributed by atoms with Crippen LogP contribution in [0, 0.1) is 0 Å². The Bertz CT molecular complexity index is 909. The number of carbonyl (C=O) groups excluding carboxylic acids is 1. The molecule has 140 valence electrons. The summed E-state index contributed by atoms with van der Waals surface area (Å²) in [5, 5.41) is 0. The van der Waals surface area contributed by atoms with Crippen molar-refractivity contribution in [1.82, 2.24) is 14.9 Å². The van der Waals surface area contributed by atoms with E-state index in [0.717, 1.165) is 41.7 Å². The van der Waals surface area contributed by atoms with Crippen molar-refractivity contribution in [2.75, 3.05) is 13.6 Å². The number of nitrogens with zero attached hydrogens (tertiary/aromatic N) is 3. The number of ether oxygens (including phenoxy) is 1. The Balaban J connectivity index is 1.68. The van der Waals surface area contributed by atoms with E-state index in [0.29, 0.717) is 5.75 Å². The molecular formula is C22H25N3O2. The second-order valence-electron chi connectivity index (χ2n) is 6.64. The number of para-hydroxylation sites is 2. The lowest BCUT2D eigenvalue weighted by molar-refractivity contribution is -0.136. The number of amides is 1. The summed E-state index contributed by atoms with van der Waals surface area (Å²) in [4.78, 5) is 23.2. The van der Waals surface area contributed by atoms with Gasteiger partial charge in [0.05, 0.1) is 22.9 Å². The van der Waals surface area contributed by atoms with Crippen molar-refractivity contribution in [1.29, 1.82) is 0 Å². The average Bonchev–Trinajstić information content (AvgIpc) is 2.71. The molecule has 2 aromatic carbocycles. The Morgan fingerprint density at radius 3 is 2.52 bits per heavy atom. The van der Waals surface area contributed by atoms with Crippen molar-refractivity contribution < 1.29 is 9.53 Å². The number of unbranched alkanes of at least 4 members (excludes halogenated alkanes) is 1. The smallest absolute Gasteiger partial charge is 0.263 e. The van der Waals surface area contributed by atoms with Crippen LogP contribution in [0.5, 0.6) is 5.75 Å². The van der Waals surface area contributed by atoms with Crippen molar-refractivity contribution in [2.24, 2.45) is 0 Å². The van der Waals surface area contributed by atoms with Crippen LogP contribution < -0.4 is 4.74 Å². The summed E-state index contributed by atoms with van der Waals surface area (Å²) in [6.07, 6.45) is 3.31. The lowest BCUT2D eigenvalue weighted by atomic mass is 10.1. The first-order valence-electron chi connectivity index (χ1n) is 9.32. The van der Waals surface area contributed by atoms with Gasteiger partial charge in [-0.15, -0.1) is 0 Å². The van der Waals surface area contributed by atoms with E-state index in [2.05, 4.69) is 16.9 Å². The molecule has 0 fully saturated rings. The molecule has 5 heteroatoms. The molecule has 0 saturated carbocycles. The summed E-state index contributed by atoms with van der Waals surface area (Å²) in [7, 11) is 1.82. The molecule has 0 radical (unpaired) electrons. The molecule has 0 aliphatic rings. The normalized spacial score (nSPS) is 12.0. The maximum atomic E-state index is 12.3. The average molecular weight is 363 g/mol. The van der Waals surface area contributed by atoms with Crippen LogP contribution in [0.4, 0.5) is 0 Å². The quantitative estimate of drug-likeness (QED) is 0.627. The highest BCUT2D eigenvalue weighted by Gasteiger charge is 2.18. The Labute approximate surface area is 160 Å². The van der Waals surface area contributed by atoms with Gasteiger partial charge in [0.25, 0.3) is 5.91 Å². The molecule has 0 aliphatic heterocycles. The number of fused-ring (bicyclic) bond motifs is 1. The first-order valence-corrected chi connectivity index (χ1v) is 9.32. The van der Waals surface area contributed by atoms with Gasteiger partial charge in [0.15, 0.2) is 6.10 Å². The molecule has 1 atom stereocenters. The van der Waals surface area contributed by atoms with Crippen LogP contribution in [0.15, 0.2) is 54.7 Å². The summed E-state index contributed by atoms with van der Waals surface area (Å²) >= 11 is 0. The molecule has 0 bridgehead atoms. The minimum absolute atomic E-state index is 0.00655. The molecule has 1 aromatic heterocycles. The molecule has 0 saturated heterocycles. The number of benzene rings is 2. The van der Waals surface area contributed by atoms with Crippen molar-refractivity contribution in [3.63, 3.8) is 0 Å². The molecule has 5 nitrogen and oxygen atoms in total. The molecule has 1 amide bonds. The Hall–Kier alpha value is -2.95. The minimum atomic E-state index is -0.516. The van der Waals surface area contributed by atoms with Crippen LogP contribution >= 0.6 is 0 Å². The van der Waals surface area contributed by atoms with E-state index in [-0.39, 0.29) is 5.91 Å². The fraction of sp³-hybridized carbons (Fsp3) is 0.318. The Morgan fingerprint density at radius 1 is 1.11 bits per heavy atom. The molecule has 3 aromatic rings. The molecule has 0 N–H and O–H groups in total. The number of hydrogen-bond donors (Lipinski definition) is 0. The van der Waals surface area contributed by atoms with Gasteiger partial charge in [0, 0.05) is 19.2 Å². The second kappa shape index (κ2) is 8.62. The maximum Gasteiger partial charge on any atom is 0.263 e. The van der Waals surface area contributed by atoms with Crippen LogP contribution in [0.3, 0.4) is 0 Å². The van der Waals surface area contributed by atoms with E-state index in [4.69, 9.17) is 4.74 Å². The van der Waals surface area contributed by atoms with Gasteiger partial charge in [-0.25, -0.2) is 4.98 Å². The van der Waals surface area contributed by atoms with Crippen LogP contribution in [0.2, 0.25) is 0 Å². The third kappa shape index (κ3) is 4.61. The topological polar surface area (TPSA) is 55.3 Å². The van der Waals surface area contributed by atoms with E-state index < -0.39 is 6.10 Å². The second-order valence-corrected chi connectivity index (χ2v) is 6.64. The van der Waals surface area contributed by atoms with Gasteiger partial charge < -0.3 is 9.64 Å². The van der Waals surface area contributed by atoms with Crippen molar-refractivity contribution >= 4 is 16.9 Å². The van der Waals surface area contributed by atoms with Gasteiger partial charge in [-0.1, -0.05) is 25.5 Å². The van der Waals surface area contributed by atoms with Gasteiger partial charge in [-0.3, -0.25) is 9.78 Å². The molecule has 27 heavy (non-hydrogen) atoms. The van der Waals surface area contributed by atoms with Gasteiger partial charge in [0.1, 0.15) is 5.75 Å². The summed E-state index contributed by atoms with van der Waals surface area (Å²) in [5.41, 5.74) is 3.51. The fourth-order valence-corrected chi connectivity index (χ4v) is 2.87.